The van der Waals surface area contributed by atoms with Gasteiger partial charge in [-0.15, -0.1) is 0 Å². The normalized spacial score (nSPS) is 19.1. The van der Waals surface area contributed by atoms with E-state index in [2.05, 4.69) is 43.0 Å². The summed E-state index contributed by atoms with van der Waals surface area (Å²) in [5.41, 5.74) is 5.48. The van der Waals surface area contributed by atoms with E-state index in [0.29, 0.717) is 18.3 Å². The van der Waals surface area contributed by atoms with Gasteiger partial charge in [0.15, 0.2) is 0 Å². The maximum atomic E-state index is 13.8. The number of nitrogens with two attached hydrogens (primary N) is 1. The summed E-state index contributed by atoms with van der Waals surface area (Å²) < 4.78 is 28.5. The molecule has 8 heteroatoms. The van der Waals surface area contributed by atoms with Crippen molar-refractivity contribution < 1.29 is 13.2 Å². The summed E-state index contributed by atoms with van der Waals surface area (Å²) in [4.78, 5) is 19.2. The van der Waals surface area contributed by atoms with Crippen LogP contribution in [-0.4, -0.2) is 44.7 Å². The van der Waals surface area contributed by atoms with Gasteiger partial charge in [0.05, 0.1) is 0 Å². The molecule has 1 aliphatic heterocycles. The summed E-state index contributed by atoms with van der Waals surface area (Å²) in [6.07, 6.45) is 2.39. The Balaban J connectivity index is 2.27. The fourth-order valence-electron chi connectivity index (χ4n) is 4.49. The third kappa shape index (κ3) is 4.01. The summed E-state index contributed by atoms with van der Waals surface area (Å²) in [5.74, 6) is 6.42. The molecule has 1 aliphatic rings. The molecule has 3 rings (SSSR count). The molecule has 6 nitrogen and oxygen atoms in total. The number of primary amides is 1. The van der Waals surface area contributed by atoms with Crippen molar-refractivity contribution in [1.29, 1.82) is 0 Å². The first kappa shape index (κ1) is 22.8. The zero-order valence-corrected chi connectivity index (χ0v) is 21.5. The number of sulfone groups is 1. The van der Waals surface area contributed by atoms with Crippen LogP contribution in [0.3, 0.4) is 0 Å². The topological polar surface area (TPSA) is 93.4 Å². The van der Waals surface area contributed by atoms with E-state index in [1.807, 2.05) is 17.0 Å². The second kappa shape index (κ2) is 7.68. The molecule has 2 N–H and O–H groups in total. The minimum absolute atomic E-state index is 0.0177. The van der Waals surface area contributed by atoms with Crippen LogP contribution in [-0.2, 0) is 9.84 Å². The molecule has 1 amide bonds. The van der Waals surface area contributed by atoms with Gasteiger partial charge >= 0.3 is 182 Å². The van der Waals surface area contributed by atoms with Crippen LogP contribution in [0.15, 0.2) is 46.3 Å². The predicted octanol–water partition coefficient (Wildman–Crippen LogP) is 3.18. The predicted molar refractivity (Wildman–Crippen MR) is 123 cm³/mol. The van der Waals surface area contributed by atoms with E-state index in [4.69, 9.17) is 5.73 Å². The molecule has 1 aromatic heterocycles. The SMILES string of the molecule is C[C@@H]1CN(c2nccc(S(=O)(=O)c3cccc[c]3[Ge]([CH3])([CH3])[CH3])c2C(N)=O)C(C)(C)C1. The number of aromatic nitrogens is 1. The van der Waals surface area contributed by atoms with E-state index < -0.39 is 29.0 Å². The molecule has 0 unspecified atom stereocenters. The quantitative estimate of drug-likeness (QED) is 0.651. The second-order valence-electron chi connectivity index (χ2n) is 9.85. The van der Waals surface area contributed by atoms with Crippen LogP contribution in [0.2, 0.25) is 17.3 Å². The molecule has 1 fully saturated rings. The standard InChI is InChI=1S/C22H31GeN3O3S/c1-15-13-22(2,3)26(14-15)21-19(20(24)27)18(11-12-25-21)30(28,29)17-10-8-7-9-16(17)23(4,5)6/h7-12,15H,13-14H2,1-6H3,(H2,24,27)/t15-/m0/s1. The number of hydrogen-bond donors (Lipinski definition) is 1. The van der Waals surface area contributed by atoms with Crippen molar-refractivity contribution in [2.45, 2.75) is 59.8 Å². The van der Waals surface area contributed by atoms with E-state index >= 15 is 0 Å². The zero-order valence-electron chi connectivity index (χ0n) is 18.6. The first-order valence-electron chi connectivity index (χ1n) is 10.2. The molecule has 0 aliphatic carbocycles. The van der Waals surface area contributed by atoms with Crippen LogP contribution in [0.1, 0.15) is 37.6 Å². The summed E-state index contributed by atoms with van der Waals surface area (Å²) in [6, 6.07) is 8.52. The molecule has 30 heavy (non-hydrogen) atoms. The van der Waals surface area contributed by atoms with E-state index in [1.165, 1.54) is 12.3 Å². The van der Waals surface area contributed by atoms with Crippen LogP contribution in [0.5, 0.6) is 0 Å². The Bertz CT molecular complexity index is 1090. The molecule has 2 heterocycles. The van der Waals surface area contributed by atoms with E-state index in [1.54, 1.807) is 12.1 Å². The number of pyridine rings is 1. The Kier molecular flexibility index (Phi) is 5.84. The van der Waals surface area contributed by atoms with Gasteiger partial charge in [-0.2, -0.15) is 0 Å². The average molecular weight is 490 g/mol. The Morgan fingerprint density at radius 3 is 2.33 bits per heavy atom. The number of carbonyl (C=O) groups excluding carboxylic acids is 1. The number of rotatable bonds is 5. The number of nitrogens with zero attached hydrogens (tertiary/aromatic N) is 2. The van der Waals surface area contributed by atoms with Crippen LogP contribution in [0.25, 0.3) is 0 Å². The maximum absolute atomic E-state index is 13.8. The van der Waals surface area contributed by atoms with Gasteiger partial charge in [0.1, 0.15) is 0 Å². The molecule has 162 valence electrons. The van der Waals surface area contributed by atoms with Crippen molar-refractivity contribution in [1.82, 2.24) is 4.98 Å². The van der Waals surface area contributed by atoms with Crippen molar-refractivity contribution in [2.24, 2.45) is 11.7 Å². The van der Waals surface area contributed by atoms with Crippen molar-refractivity contribution in [2.75, 3.05) is 11.4 Å². The Morgan fingerprint density at radius 1 is 1.17 bits per heavy atom. The fourth-order valence-corrected chi connectivity index (χ4v) is 11.5. The minimum atomic E-state index is -3.95. The number of hydrogen-bond acceptors (Lipinski definition) is 5. The van der Waals surface area contributed by atoms with Crippen molar-refractivity contribution in [3.8, 4) is 0 Å². The summed E-state index contributed by atoms with van der Waals surface area (Å²) in [6.45, 7) is 6.98. The van der Waals surface area contributed by atoms with Gasteiger partial charge in [-0.05, 0) is 0 Å². The molecule has 0 spiro atoms. The molecule has 0 radical (unpaired) electrons. The van der Waals surface area contributed by atoms with Gasteiger partial charge in [-0.25, -0.2) is 0 Å². The van der Waals surface area contributed by atoms with Crippen molar-refractivity contribution in [3.05, 3.63) is 42.1 Å². The van der Waals surface area contributed by atoms with Gasteiger partial charge in [0, 0.05) is 0 Å². The van der Waals surface area contributed by atoms with Crippen molar-refractivity contribution in [3.63, 3.8) is 0 Å². The van der Waals surface area contributed by atoms with Crippen LogP contribution >= 0.6 is 0 Å². The third-order valence-electron chi connectivity index (χ3n) is 5.74. The Hall–Kier alpha value is -1.87. The van der Waals surface area contributed by atoms with E-state index in [-0.39, 0.29) is 20.9 Å². The van der Waals surface area contributed by atoms with Gasteiger partial charge in [0.25, 0.3) is 0 Å². The molecule has 1 atom stereocenters. The van der Waals surface area contributed by atoms with Crippen LogP contribution in [0, 0.1) is 5.92 Å². The van der Waals surface area contributed by atoms with Gasteiger partial charge in [-0.3, -0.25) is 0 Å². The molecular formula is C22H31GeN3O3S. The van der Waals surface area contributed by atoms with Gasteiger partial charge in [0.2, 0.25) is 0 Å². The first-order chi connectivity index (χ1) is 13.8. The number of anilines is 1. The second-order valence-corrected chi connectivity index (χ2v) is 22.3. The monoisotopic (exact) mass is 491 g/mol. The average Bonchev–Trinajstić information content (AvgIpc) is 2.92. The number of benzene rings is 1. The third-order valence-corrected chi connectivity index (χ3v) is 12.3. The summed E-state index contributed by atoms with van der Waals surface area (Å²) in [5, 5.41) is 0. The molecule has 0 saturated carbocycles. The molecule has 1 saturated heterocycles. The van der Waals surface area contributed by atoms with Crippen LogP contribution < -0.4 is 15.0 Å². The summed E-state index contributed by atoms with van der Waals surface area (Å²) >= 11 is -2.51. The zero-order chi connectivity index (χ0) is 22.5. The van der Waals surface area contributed by atoms with Gasteiger partial charge in [-0.1, -0.05) is 0 Å². The molecule has 1 aromatic carbocycles. The number of amides is 1. The fraction of sp³-hybridized carbons (Fsp3) is 0.455. The van der Waals surface area contributed by atoms with Crippen molar-refractivity contribution >= 4 is 39.2 Å². The van der Waals surface area contributed by atoms with Crippen LogP contribution in [0.4, 0.5) is 5.82 Å². The summed E-state index contributed by atoms with van der Waals surface area (Å²) in [7, 11) is -3.95. The molecular weight excluding hydrogens is 459 g/mol. The number of carbonyl (C=O) groups is 1. The van der Waals surface area contributed by atoms with E-state index in [0.717, 1.165) is 10.8 Å². The van der Waals surface area contributed by atoms with E-state index in [9.17, 15) is 13.2 Å². The first-order valence-corrected chi connectivity index (χ1v) is 19.0. The molecule has 2 aromatic rings. The molecule has 0 bridgehead atoms. The Morgan fingerprint density at radius 2 is 1.80 bits per heavy atom. The Labute approximate surface area is 182 Å². The van der Waals surface area contributed by atoms with Gasteiger partial charge < -0.3 is 0 Å².